The number of fused-ring (bicyclic) bond motifs is 2. The quantitative estimate of drug-likeness (QED) is 0.318. The van der Waals surface area contributed by atoms with Crippen molar-refractivity contribution in [1.82, 2.24) is 14.8 Å². The molecule has 0 unspecified atom stereocenters. The lowest BCUT2D eigenvalue weighted by molar-refractivity contribution is 0.0796. The molecule has 1 fully saturated rings. The van der Waals surface area contributed by atoms with Crippen molar-refractivity contribution in [2.75, 3.05) is 0 Å². The minimum absolute atomic E-state index is 0.166. The van der Waals surface area contributed by atoms with Gasteiger partial charge in [-0.3, -0.25) is 9.78 Å². The molecule has 8 heteroatoms. The first-order valence-electron chi connectivity index (χ1n) is 12.6. The molecule has 38 heavy (non-hydrogen) atoms. The number of carbonyl (C=O) groups is 1. The number of nitrogens with zero attached hydrogens (tertiary/aromatic N) is 3. The normalized spacial score (nSPS) is 20.8. The molecule has 0 aliphatic heterocycles. The number of hydrogen-bond acceptors (Lipinski definition) is 5. The Hall–Kier alpha value is -3.91. The smallest absolute Gasteiger partial charge is 0.191 e. The lowest BCUT2D eigenvalue weighted by Gasteiger charge is -2.43. The van der Waals surface area contributed by atoms with Crippen molar-refractivity contribution >= 4 is 21.7 Å². The summed E-state index contributed by atoms with van der Waals surface area (Å²) >= 11 is 0. The summed E-state index contributed by atoms with van der Waals surface area (Å²) < 4.78 is 42.7. The summed E-state index contributed by atoms with van der Waals surface area (Å²) in [6.07, 6.45) is 6.69. The first-order chi connectivity index (χ1) is 18.3. The first-order valence-corrected chi connectivity index (χ1v) is 14.1. The van der Waals surface area contributed by atoms with Gasteiger partial charge < -0.3 is 0 Å². The van der Waals surface area contributed by atoms with Crippen LogP contribution in [0.15, 0.2) is 89.6 Å². The minimum Gasteiger partial charge on any atom is -0.291 e. The molecule has 2 aliphatic carbocycles. The fraction of sp³-hybridized carbons (Fsp3) is 0.233. The van der Waals surface area contributed by atoms with Crippen molar-refractivity contribution in [3.8, 4) is 5.69 Å². The summed E-state index contributed by atoms with van der Waals surface area (Å²) in [6, 6.07) is 18.1. The van der Waals surface area contributed by atoms with E-state index in [1.807, 2.05) is 19.1 Å². The van der Waals surface area contributed by atoms with Gasteiger partial charge in [0.15, 0.2) is 15.6 Å². The number of rotatable bonds is 5. The predicted octanol–water partition coefficient (Wildman–Crippen LogP) is 5.55. The van der Waals surface area contributed by atoms with Gasteiger partial charge in [0.1, 0.15) is 11.5 Å². The van der Waals surface area contributed by atoms with Crippen LogP contribution in [0.5, 0.6) is 0 Å². The summed E-state index contributed by atoms with van der Waals surface area (Å²) in [6.45, 7) is 1.90. The topological polar surface area (TPSA) is 81.9 Å². The SMILES string of the molecule is Cc1ccnc(C(=O)[C@]23Cc4cnn(-c5ccc(F)cc5)c4C=C2CC[C@H](S(=O)(=O)c2ccccc2)C3)c1. The first kappa shape index (κ1) is 24.4. The molecule has 2 heterocycles. The van der Waals surface area contributed by atoms with E-state index in [0.717, 1.165) is 22.4 Å². The molecule has 2 aliphatic rings. The lowest BCUT2D eigenvalue weighted by Crippen LogP contribution is -2.45. The molecule has 6 nitrogen and oxygen atoms in total. The second-order valence-corrected chi connectivity index (χ2v) is 12.4. The molecular formula is C30H26FN3O3S. The van der Waals surface area contributed by atoms with Crippen LogP contribution in [-0.4, -0.2) is 34.2 Å². The summed E-state index contributed by atoms with van der Waals surface area (Å²) in [5.41, 5.74) is 3.48. The molecular weight excluding hydrogens is 501 g/mol. The highest BCUT2D eigenvalue weighted by atomic mass is 32.2. The van der Waals surface area contributed by atoms with Gasteiger partial charge in [-0.05, 0) is 98.3 Å². The standard InChI is InChI=1S/C30H26FN3O3S/c1-20-13-14-32-27(15-20)29(35)30-17-21-19-33-34(24-10-8-23(31)9-11-24)28(21)16-22(30)7-12-26(18-30)38(36,37)25-5-3-2-4-6-25/h2-6,8-11,13-16,19,26H,7,12,17-18H2,1H3/t26-,30-/m0/s1. The highest BCUT2D eigenvalue weighted by molar-refractivity contribution is 7.92. The highest BCUT2D eigenvalue weighted by Gasteiger charge is 2.52. The highest BCUT2D eigenvalue weighted by Crippen LogP contribution is 2.51. The molecule has 0 bridgehead atoms. The van der Waals surface area contributed by atoms with E-state index in [4.69, 9.17) is 0 Å². The molecule has 4 aromatic rings. The number of aromatic nitrogens is 3. The molecule has 0 saturated heterocycles. The lowest BCUT2D eigenvalue weighted by atomic mass is 9.61. The van der Waals surface area contributed by atoms with E-state index in [1.54, 1.807) is 65.6 Å². The molecule has 0 radical (unpaired) electrons. The van der Waals surface area contributed by atoms with Gasteiger partial charge in [-0.2, -0.15) is 5.10 Å². The molecule has 2 aromatic heterocycles. The Kier molecular flexibility index (Phi) is 5.87. The maximum absolute atomic E-state index is 14.3. The Bertz CT molecular complexity index is 1680. The Labute approximate surface area is 220 Å². The second kappa shape index (κ2) is 9.13. The fourth-order valence-corrected chi connectivity index (χ4v) is 7.68. The Morgan fingerprint density at radius 1 is 1.08 bits per heavy atom. The van der Waals surface area contributed by atoms with Crippen molar-refractivity contribution in [1.29, 1.82) is 0 Å². The van der Waals surface area contributed by atoms with E-state index in [-0.39, 0.29) is 22.9 Å². The minimum atomic E-state index is -3.65. The zero-order chi connectivity index (χ0) is 26.5. The summed E-state index contributed by atoms with van der Waals surface area (Å²) in [5, 5.41) is 3.85. The number of allylic oxidation sites excluding steroid dienone is 1. The van der Waals surface area contributed by atoms with E-state index >= 15 is 0 Å². The van der Waals surface area contributed by atoms with Crippen molar-refractivity contribution in [2.24, 2.45) is 5.41 Å². The second-order valence-electron chi connectivity index (χ2n) is 10.1. The van der Waals surface area contributed by atoms with Crippen LogP contribution in [0, 0.1) is 18.2 Å². The van der Waals surface area contributed by atoms with Crippen molar-refractivity contribution < 1.29 is 17.6 Å². The Balaban J connectivity index is 1.46. The average Bonchev–Trinajstić information content (AvgIpc) is 3.34. The van der Waals surface area contributed by atoms with Crippen LogP contribution in [0.1, 0.15) is 46.6 Å². The van der Waals surface area contributed by atoms with Gasteiger partial charge in [-0.15, -0.1) is 0 Å². The van der Waals surface area contributed by atoms with Crippen molar-refractivity contribution in [2.45, 2.75) is 42.8 Å². The van der Waals surface area contributed by atoms with Crippen LogP contribution < -0.4 is 0 Å². The van der Waals surface area contributed by atoms with Crippen LogP contribution in [-0.2, 0) is 16.3 Å². The number of carbonyl (C=O) groups excluding carboxylic acids is 1. The number of hydrogen-bond donors (Lipinski definition) is 0. The third-order valence-electron chi connectivity index (χ3n) is 7.78. The zero-order valence-corrected chi connectivity index (χ0v) is 21.7. The number of aryl methyl sites for hydroxylation is 1. The van der Waals surface area contributed by atoms with Gasteiger partial charge in [0, 0.05) is 6.20 Å². The number of pyridine rings is 1. The molecule has 2 atom stereocenters. The third-order valence-corrected chi connectivity index (χ3v) is 9.99. The van der Waals surface area contributed by atoms with Gasteiger partial charge in [0.2, 0.25) is 0 Å². The molecule has 192 valence electrons. The molecule has 2 aromatic carbocycles. The maximum Gasteiger partial charge on any atom is 0.191 e. The maximum atomic E-state index is 14.3. The molecule has 1 saturated carbocycles. The van der Waals surface area contributed by atoms with E-state index in [2.05, 4.69) is 10.1 Å². The van der Waals surface area contributed by atoms with Crippen LogP contribution >= 0.6 is 0 Å². The van der Waals surface area contributed by atoms with Gasteiger partial charge in [-0.1, -0.05) is 23.8 Å². The number of halogens is 1. The van der Waals surface area contributed by atoms with Gasteiger partial charge in [-0.25, -0.2) is 17.5 Å². The third kappa shape index (κ3) is 4.00. The number of Topliss-reactive ketones (excluding diaryl/α,β-unsaturated/α-hetero) is 1. The summed E-state index contributed by atoms with van der Waals surface area (Å²) in [7, 11) is -3.65. The Morgan fingerprint density at radius 2 is 1.84 bits per heavy atom. The van der Waals surface area contributed by atoms with Gasteiger partial charge in [0.25, 0.3) is 0 Å². The zero-order valence-electron chi connectivity index (χ0n) is 20.8. The van der Waals surface area contributed by atoms with E-state index in [1.165, 1.54) is 12.1 Å². The van der Waals surface area contributed by atoms with Crippen LogP contribution in [0.3, 0.4) is 0 Å². The fourth-order valence-electron chi connectivity index (χ4n) is 5.83. The van der Waals surface area contributed by atoms with Crippen LogP contribution in [0.2, 0.25) is 0 Å². The average molecular weight is 528 g/mol. The Morgan fingerprint density at radius 3 is 2.58 bits per heavy atom. The van der Waals surface area contributed by atoms with Gasteiger partial charge >= 0.3 is 0 Å². The molecule has 0 N–H and O–H groups in total. The van der Waals surface area contributed by atoms with E-state index in [9.17, 15) is 17.6 Å². The summed E-state index contributed by atoms with van der Waals surface area (Å²) in [5.74, 6) is -0.498. The number of ketones is 1. The van der Waals surface area contributed by atoms with Crippen LogP contribution in [0.25, 0.3) is 11.8 Å². The monoisotopic (exact) mass is 527 g/mol. The number of sulfone groups is 1. The summed E-state index contributed by atoms with van der Waals surface area (Å²) in [4.78, 5) is 18.9. The van der Waals surface area contributed by atoms with Crippen molar-refractivity contribution in [3.05, 3.63) is 113 Å². The van der Waals surface area contributed by atoms with E-state index in [0.29, 0.717) is 30.6 Å². The van der Waals surface area contributed by atoms with Crippen LogP contribution in [0.4, 0.5) is 4.39 Å². The van der Waals surface area contributed by atoms with Gasteiger partial charge in [0.05, 0.1) is 33.1 Å². The van der Waals surface area contributed by atoms with Crippen molar-refractivity contribution in [3.63, 3.8) is 0 Å². The molecule has 0 spiro atoms. The number of benzene rings is 2. The predicted molar refractivity (Wildman–Crippen MR) is 142 cm³/mol. The molecule has 6 rings (SSSR count). The largest absolute Gasteiger partial charge is 0.291 e. The molecule has 0 amide bonds. The van der Waals surface area contributed by atoms with E-state index < -0.39 is 20.5 Å².